The van der Waals surface area contributed by atoms with Crippen LogP contribution in [0.5, 0.6) is 0 Å². The van der Waals surface area contributed by atoms with Crippen LogP contribution in [-0.2, 0) is 4.79 Å². The van der Waals surface area contributed by atoms with Gasteiger partial charge in [0, 0.05) is 13.1 Å². The number of hydrogen-bond donors (Lipinski definition) is 1. The maximum Gasteiger partial charge on any atom is 0.324 e. The Bertz CT molecular complexity index is 254. The fraction of sp³-hybridized carbons (Fsp3) is 0.917. The zero-order valence-corrected chi connectivity index (χ0v) is 10.1. The number of likely N-dealkylation sites (tertiary alicyclic amines) is 2. The molecule has 2 fully saturated rings. The Kier molecular flexibility index (Phi) is 3.50. The highest BCUT2D eigenvalue weighted by Crippen LogP contribution is 2.31. The second kappa shape index (κ2) is 4.72. The molecule has 0 atom stereocenters. The van der Waals surface area contributed by atoms with Crippen molar-refractivity contribution >= 4 is 5.97 Å². The van der Waals surface area contributed by atoms with E-state index in [9.17, 15) is 9.90 Å². The number of carbonyl (C=O) groups is 1. The number of aliphatic carboxylic acids is 1. The molecule has 2 aliphatic heterocycles. The Morgan fingerprint density at radius 1 is 1.06 bits per heavy atom. The van der Waals surface area contributed by atoms with Gasteiger partial charge in [0.1, 0.15) is 5.54 Å². The van der Waals surface area contributed by atoms with E-state index < -0.39 is 11.5 Å². The first-order valence-electron chi connectivity index (χ1n) is 6.32. The summed E-state index contributed by atoms with van der Waals surface area (Å²) in [6, 6.07) is 0. The molecule has 0 saturated carbocycles. The standard InChI is InChI=1S/C12H22N2O2/c1-13-9-5-12(6-10-13,11(15)16)14-7-3-2-4-8-14/h2-10H2,1H3,(H,15,16). The molecule has 1 N–H and O–H groups in total. The molecular weight excluding hydrogens is 204 g/mol. The molecule has 0 aromatic heterocycles. The van der Waals surface area contributed by atoms with Crippen LogP contribution in [0.2, 0.25) is 0 Å². The molecule has 0 aromatic rings. The van der Waals surface area contributed by atoms with Crippen LogP contribution in [0.3, 0.4) is 0 Å². The van der Waals surface area contributed by atoms with Crippen LogP contribution in [0, 0.1) is 0 Å². The molecule has 0 bridgehead atoms. The second-order valence-electron chi connectivity index (χ2n) is 5.19. The molecule has 0 aromatic carbocycles. The van der Waals surface area contributed by atoms with Crippen molar-refractivity contribution in [3.63, 3.8) is 0 Å². The first kappa shape index (κ1) is 11.9. The maximum atomic E-state index is 11.6. The minimum absolute atomic E-state index is 0.563. The van der Waals surface area contributed by atoms with Gasteiger partial charge in [-0.3, -0.25) is 9.69 Å². The third-order valence-electron chi connectivity index (χ3n) is 4.17. The topological polar surface area (TPSA) is 43.8 Å². The summed E-state index contributed by atoms with van der Waals surface area (Å²) in [5, 5.41) is 9.57. The molecule has 0 aliphatic carbocycles. The molecule has 2 heterocycles. The zero-order chi connectivity index (χ0) is 11.6. The van der Waals surface area contributed by atoms with E-state index in [1.165, 1.54) is 6.42 Å². The van der Waals surface area contributed by atoms with Crippen molar-refractivity contribution in [1.29, 1.82) is 0 Å². The summed E-state index contributed by atoms with van der Waals surface area (Å²) in [4.78, 5) is 16.1. The Hall–Kier alpha value is -0.610. The smallest absolute Gasteiger partial charge is 0.324 e. The van der Waals surface area contributed by atoms with Gasteiger partial charge in [0.05, 0.1) is 0 Å². The quantitative estimate of drug-likeness (QED) is 0.763. The highest BCUT2D eigenvalue weighted by atomic mass is 16.4. The summed E-state index contributed by atoms with van der Waals surface area (Å²) in [6.07, 6.45) is 5.12. The van der Waals surface area contributed by atoms with Crippen LogP contribution < -0.4 is 0 Å². The van der Waals surface area contributed by atoms with E-state index in [0.717, 1.165) is 51.9 Å². The van der Waals surface area contributed by atoms with E-state index in [1.54, 1.807) is 0 Å². The van der Waals surface area contributed by atoms with E-state index in [0.29, 0.717) is 0 Å². The molecule has 16 heavy (non-hydrogen) atoms. The molecule has 2 saturated heterocycles. The van der Waals surface area contributed by atoms with Gasteiger partial charge in [-0.2, -0.15) is 0 Å². The van der Waals surface area contributed by atoms with Gasteiger partial charge >= 0.3 is 5.97 Å². The lowest BCUT2D eigenvalue weighted by molar-refractivity contribution is -0.156. The minimum atomic E-state index is -0.609. The van der Waals surface area contributed by atoms with Gasteiger partial charge in [0.15, 0.2) is 0 Å². The van der Waals surface area contributed by atoms with Gasteiger partial charge < -0.3 is 10.0 Å². The van der Waals surface area contributed by atoms with Gasteiger partial charge in [-0.15, -0.1) is 0 Å². The van der Waals surface area contributed by atoms with Crippen molar-refractivity contribution in [2.45, 2.75) is 37.6 Å². The van der Waals surface area contributed by atoms with Gasteiger partial charge in [-0.05, 0) is 45.8 Å². The third-order valence-corrected chi connectivity index (χ3v) is 4.17. The fourth-order valence-corrected chi connectivity index (χ4v) is 2.98. The van der Waals surface area contributed by atoms with Crippen LogP contribution in [-0.4, -0.2) is 59.6 Å². The first-order valence-corrected chi connectivity index (χ1v) is 6.32. The molecule has 4 heteroatoms. The largest absolute Gasteiger partial charge is 0.480 e. The lowest BCUT2D eigenvalue weighted by Crippen LogP contribution is -2.60. The number of hydrogen-bond acceptors (Lipinski definition) is 3. The summed E-state index contributed by atoms with van der Waals surface area (Å²) < 4.78 is 0. The molecule has 0 amide bonds. The number of nitrogens with zero attached hydrogens (tertiary/aromatic N) is 2. The van der Waals surface area contributed by atoms with Crippen molar-refractivity contribution < 1.29 is 9.90 Å². The normalized spacial score (nSPS) is 27.8. The van der Waals surface area contributed by atoms with Crippen molar-refractivity contribution in [3.8, 4) is 0 Å². The average Bonchev–Trinajstić information content (AvgIpc) is 2.31. The molecule has 2 aliphatic rings. The Morgan fingerprint density at radius 2 is 1.62 bits per heavy atom. The Balaban J connectivity index is 2.11. The van der Waals surface area contributed by atoms with E-state index in [1.807, 2.05) is 0 Å². The summed E-state index contributed by atoms with van der Waals surface area (Å²) in [7, 11) is 2.07. The van der Waals surface area contributed by atoms with Crippen molar-refractivity contribution in [2.75, 3.05) is 33.2 Å². The Morgan fingerprint density at radius 3 is 2.12 bits per heavy atom. The lowest BCUT2D eigenvalue weighted by Gasteiger charge is -2.46. The predicted molar refractivity (Wildman–Crippen MR) is 62.5 cm³/mol. The third kappa shape index (κ3) is 2.09. The highest BCUT2D eigenvalue weighted by Gasteiger charge is 2.45. The van der Waals surface area contributed by atoms with E-state index >= 15 is 0 Å². The summed E-state index contributed by atoms with van der Waals surface area (Å²) in [6.45, 7) is 3.75. The molecule has 92 valence electrons. The molecular formula is C12H22N2O2. The lowest BCUT2D eigenvalue weighted by atomic mass is 9.84. The molecule has 2 rings (SSSR count). The zero-order valence-electron chi connectivity index (χ0n) is 10.1. The van der Waals surface area contributed by atoms with Crippen molar-refractivity contribution in [3.05, 3.63) is 0 Å². The molecule has 0 spiro atoms. The van der Waals surface area contributed by atoms with Crippen LogP contribution >= 0.6 is 0 Å². The minimum Gasteiger partial charge on any atom is -0.480 e. The van der Waals surface area contributed by atoms with Crippen molar-refractivity contribution in [2.24, 2.45) is 0 Å². The van der Waals surface area contributed by atoms with E-state index in [-0.39, 0.29) is 0 Å². The summed E-state index contributed by atoms with van der Waals surface area (Å²) in [5.41, 5.74) is -0.563. The van der Waals surface area contributed by atoms with E-state index in [4.69, 9.17) is 0 Å². The van der Waals surface area contributed by atoms with Gasteiger partial charge in [-0.1, -0.05) is 6.42 Å². The maximum absolute atomic E-state index is 11.6. The fourth-order valence-electron chi connectivity index (χ4n) is 2.98. The number of piperidine rings is 2. The second-order valence-corrected chi connectivity index (χ2v) is 5.19. The van der Waals surface area contributed by atoms with Gasteiger partial charge in [-0.25, -0.2) is 0 Å². The Labute approximate surface area is 97.2 Å². The number of carboxylic acids is 1. The van der Waals surface area contributed by atoms with Crippen LogP contribution in [0.15, 0.2) is 0 Å². The van der Waals surface area contributed by atoms with Crippen LogP contribution in [0.4, 0.5) is 0 Å². The SMILES string of the molecule is CN1CCC(C(=O)O)(N2CCCCC2)CC1. The summed E-state index contributed by atoms with van der Waals surface area (Å²) in [5.74, 6) is -0.609. The van der Waals surface area contributed by atoms with Gasteiger partial charge in [0.25, 0.3) is 0 Å². The van der Waals surface area contributed by atoms with Crippen molar-refractivity contribution in [1.82, 2.24) is 9.80 Å². The monoisotopic (exact) mass is 226 g/mol. The first-order chi connectivity index (χ1) is 7.65. The molecule has 0 unspecified atom stereocenters. The average molecular weight is 226 g/mol. The van der Waals surface area contributed by atoms with Gasteiger partial charge in [0.2, 0.25) is 0 Å². The summed E-state index contributed by atoms with van der Waals surface area (Å²) >= 11 is 0. The van der Waals surface area contributed by atoms with E-state index in [2.05, 4.69) is 16.8 Å². The molecule has 4 nitrogen and oxygen atoms in total. The van der Waals surface area contributed by atoms with Crippen LogP contribution in [0.25, 0.3) is 0 Å². The number of rotatable bonds is 2. The van der Waals surface area contributed by atoms with Crippen LogP contribution in [0.1, 0.15) is 32.1 Å². The predicted octanol–water partition coefficient (Wildman–Crippen LogP) is 1.02. The highest BCUT2D eigenvalue weighted by molar-refractivity contribution is 5.79. The molecule has 0 radical (unpaired) electrons. The number of carboxylic acid groups (broad SMARTS) is 1.